The lowest BCUT2D eigenvalue weighted by atomic mass is 9.77. The number of ether oxygens (including phenoxy) is 1. The van der Waals surface area contributed by atoms with Crippen LogP contribution < -0.4 is 10.2 Å². The van der Waals surface area contributed by atoms with Crippen molar-refractivity contribution in [1.29, 1.82) is 0 Å². The molecule has 26 heavy (non-hydrogen) atoms. The summed E-state index contributed by atoms with van der Waals surface area (Å²) < 4.78 is 5.03. The molecule has 1 saturated carbocycles. The number of aromatic amines is 1. The zero-order valence-electron chi connectivity index (χ0n) is 15.6. The van der Waals surface area contributed by atoms with Gasteiger partial charge in [0.25, 0.3) is 0 Å². The van der Waals surface area contributed by atoms with Crippen LogP contribution in [0.1, 0.15) is 50.6 Å². The van der Waals surface area contributed by atoms with Gasteiger partial charge in [-0.1, -0.05) is 12.8 Å². The van der Waals surface area contributed by atoms with Crippen molar-refractivity contribution in [2.75, 3.05) is 26.7 Å². The number of nitrogens with zero attached hydrogens (tertiary/aromatic N) is 2. The van der Waals surface area contributed by atoms with E-state index in [1.165, 1.54) is 32.8 Å². The molecule has 1 N–H and O–H groups in total. The lowest BCUT2D eigenvalue weighted by Gasteiger charge is -2.42. The highest BCUT2D eigenvalue weighted by molar-refractivity contribution is 5.84. The molecule has 0 radical (unpaired) electrons. The molecule has 1 spiro atoms. The standard InChI is InChI=1S/C20H29N3O3/c1-26-18-12-21-15(11-17(18)24)13-22-10-8-20(14-22)7-4-9-23(19(20)25)16-5-2-3-6-16/h11-12,16H,2-10,13-14H2,1H3,(H,21,24)/t20-/m0/s1. The molecule has 3 aliphatic rings. The fraction of sp³-hybridized carbons (Fsp3) is 0.700. The summed E-state index contributed by atoms with van der Waals surface area (Å²) in [4.78, 5) is 32.9. The van der Waals surface area contributed by atoms with Gasteiger partial charge in [0.2, 0.25) is 11.3 Å². The van der Waals surface area contributed by atoms with Crippen LogP contribution in [-0.4, -0.2) is 53.5 Å². The van der Waals surface area contributed by atoms with Gasteiger partial charge in [0.15, 0.2) is 5.75 Å². The quantitative estimate of drug-likeness (QED) is 0.894. The van der Waals surface area contributed by atoms with Crippen molar-refractivity contribution < 1.29 is 9.53 Å². The second-order valence-corrected chi connectivity index (χ2v) is 8.17. The lowest BCUT2D eigenvalue weighted by Crippen LogP contribution is -2.53. The summed E-state index contributed by atoms with van der Waals surface area (Å²) in [7, 11) is 1.50. The minimum absolute atomic E-state index is 0.101. The van der Waals surface area contributed by atoms with Gasteiger partial charge in [-0.15, -0.1) is 0 Å². The third-order valence-corrected chi connectivity index (χ3v) is 6.52. The average molecular weight is 359 g/mol. The summed E-state index contributed by atoms with van der Waals surface area (Å²) in [6.45, 7) is 3.34. The first-order valence-electron chi connectivity index (χ1n) is 9.90. The number of pyridine rings is 1. The Labute approximate surface area is 154 Å². The van der Waals surface area contributed by atoms with Crippen LogP contribution in [0.25, 0.3) is 0 Å². The van der Waals surface area contributed by atoms with Crippen molar-refractivity contribution in [2.24, 2.45) is 5.41 Å². The Balaban J connectivity index is 1.44. The monoisotopic (exact) mass is 359 g/mol. The molecule has 6 nitrogen and oxygen atoms in total. The predicted molar refractivity (Wildman–Crippen MR) is 99.1 cm³/mol. The van der Waals surface area contributed by atoms with E-state index in [9.17, 15) is 9.59 Å². The first-order valence-corrected chi connectivity index (χ1v) is 9.90. The molecule has 0 bridgehead atoms. The Bertz CT molecular complexity index is 725. The van der Waals surface area contributed by atoms with E-state index >= 15 is 0 Å². The molecule has 3 heterocycles. The van der Waals surface area contributed by atoms with Gasteiger partial charge in [0.05, 0.1) is 12.5 Å². The van der Waals surface area contributed by atoms with Crippen molar-refractivity contribution in [2.45, 2.75) is 57.5 Å². The zero-order chi connectivity index (χ0) is 18.1. The molecular formula is C20H29N3O3. The van der Waals surface area contributed by atoms with Crippen molar-refractivity contribution in [3.63, 3.8) is 0 Å². The van der Waals surface area contributed by atoms with Gasteiger partial charge in [-0.2, -0.15) is 0 Å². The topological polar surface area (TPSA) is 65.6 Å². The van der Waals surface area contributed by atoms with Gasteiger partial charge in [-0.3, -0.25) is 14.5 Å². The number of rotatable bonds is 4. The number of piperidine rings is 1. The van der Waals surface area contributed by atoms with Crippen LogP contribution in [0.5, 0.6) is 5.75 Å². The second-order valence-electron chi connectivity index (χ2n) is 8.17. The fourth-order valence-electron chi connectivity index (χ4n) is 5.13. The first kappa shape index (κ1) is 17.6. The van der Waals surface area contributed by atoms with Crippen molar-refractivity contribution in [3.05, 3.63) is 28.2 Å². The number of carbonyl (C=O) groups excluding carboxylic acids is 1. The number of carbonyl (C=O) groups is 1. The normalized spacial score (nSPS) is 27.6. The van der Waals surface area contributed by atoms with Crippen molar-refractivity contribution >= 4 is 5.91 Å². The maximum absolute atomic E-state index is 13.3. The van der Waals surface area contributed by atoms with Crippen LogP contribution in [0.3, 0.4) is 0 Å². The predicted octanol–water partition coefficient (Wildman–Crippen LogP) is 2.14. The van der Waals surface area contributed by atoms with E-state index in [0.717, 1.165) is 44.6 Å². The van der Waals surface area contributed by atoms with E-state index in [-0.39, 0.29) is 10.8 Å². The average Bonchev–Trinajstić information content (AvgIpc) is 3.29. The third kappa shape index (κ3) is 3.15. The first-order chi connectivity index (χ1) is 12.6. The van der Waals surface area contributed by atoms with E-state index in [0.29, 0.717) is 24.2 Å². The van der Waals surface area contributed by atoms with Crippen LogP contribution in [-0.2, 0) is 11.3 Å². The minimum atomic E-state index is -0.201. The number of hydrogen-bond donors (Lipinski definition) is 1. The van der Waals surface area contributed by atoms with Crippen LogP contribution in [0.15, 0.2) is 17.1 Å². The molecule has 3 fully saturated rings. The SMILES string of the molecule is COc1c[nH]c(CN2CC[C@@]3(CCCN(C4CCCC4)C3=O)C2)cc1=O. The number of amides is 1. The van der Waals surface area contributed by atoms with Crippen molar-refractivity contribution in [3.8, 4) is 5.75 Å². The van der Waals surface area contributed by atoms with Crippen molar-refractivity contribution in [1.82, 2.24) is 14.8 Å². The maximum Gasteiger partial charge on any atom is 0.230 e. The van der Waals surface area contributed by atoms with Crippen LogP contribution >= 0.6 is 0 Å². The van der Waals surface area contributed by atoms with E-state index < -0.39 is 0 Å². The lowest BCUT2D eigenvalue weighted by molar-refractivity contribution is -0.148. The number of H-pyrrole nitrogens is 1. The Morgan fingerprint density at radius 1 is 1.19 bits per heavy atom. The number of methoxy groups -OCH3 is 1. The molecule has 0 aromatic carbocycles. The molecule has 2 aliphatic heterocycles. The molecule has 6 heteroatoms. The smallest absolute Gasteiger partial charge is 0.230 e. The van der Waals surface area contributed by atoms with Crippen LogP contribution in [0, 0.1) is 5.41 Å². The molecular weight excluding hydrogens is 330 g/mol. The van der Waals surface area contributed by atoms with Crippen LogP contribution in [0.2, 0.25) is 0 Å². The van der Waals surface area contributed by atoms with Crippen LogP contribution in [0.4, 0.5) is 0 Å². The molecule has 1 aliphatic carbocycles. The number of hydrogen-bond acceptors (Lipinski definition) is 4. The summed E-state index contributed by atoms with van der Waals surface area (Å²) in [6, 6.07) is 2.09. The Morgan fingerprint density at radius 2 is 2.00 bits per heavy atom. The Kier molecular flexibility index (Phi) is 4.78. The molecule has 142 valence electrons. The molecule has 2 saturated heterocycles. The van der Waals surface area contributed by atoms with Gasteiger partial charge in [-0.25, -0.2) is 0 Å². The van der Waals surface area contributed by atoms with Gasteiger partial charge >= 0.3 is 0 Å². The molecule has 1 aromatic rings. The number of aromatic nitrogens is 1. The fourth-order valence-corrected chi connectivity index (χ4v) is 5.13. The third-order valence-electron chi connectivity index (χ3n) is 6.52. The summed E-state index contributed by atoms with van der Waals surface area (Å²) >= 11 is 0. The van der Waals surface area contributed by atoms with Gasteiger partial charge < -0.3 is 14.6 Å². The van der Waals surface area contributed by atoms with E-state index in [1.54, 1.807) is 12.3 Å². The molecule has 1 atom stereocenters. The summed E-state index contributed by atoms with van der Waals surface area (Å²) in [5.41, 5.74) is 0.577. The highest BCUT2D eigenvalue weighted by Gasteiger charge is 2.49. The largest absolute Gasteiger partial charge is 0.491 e. The highest BCUT2D eigenvalue weighted by atomic mass is 16.5. The van der Waals surface area contributed by atoms with Gasteiger partial charge in [0, 0.05) is 43.6 Å². The zero-order valence-corrected chi connectivity index (χ0v) is 15.6. The Morgan fingerprint density at radius 3 is 2.73 bits per heavy atom. The molecule has 1 aromatic heterocycles. The summed E-state index contributed by atoms with van der Waals surface area (Å²) in [5, 5.41) is 0. The number of nitrogens with one attached hydrogen (secondary N) is 1. The Hall–Kier alpha value is -1.82. The summed E-state index contributed by atoms with van der Waals surface area (Å²) in [5.74, 6) is 0.725. The maximum atomic E-state index is 13.3. The van der Waals surface area contributed by atoms with E-state index in [2.05, 4.69) is 14.8 Å². The minimum Gasteiger partial charge on any atom is -0.491 e. The molecule has 1 amide bonds. The van der Waals surface area contributed by atoms with E-state index in [4.69, 9.17) is 4.74 Å². The number of likely N-dealkylation sites (tertiary alicyclic amines) is 2. The second kappa shape index (κ2) is 7.06. The summed E-state index contributed by atoms with van der Waals surface area (Å²) in [6.07, 6.45) is 9.57. The van der Waals surface area contributed by atoms with Gasteiger partial charge in [0.1, 0.15) is 0 Å². The van der Waals surface area contributed by atoms with Gasteiger partial charge in [-0.05, 0) is 38.6 Å². The van der Waals surface area contributed by atoms with E-state index in [1.807, 2.05) is 0 Å². The molecule has 0 unspecified atom stereocenters. The molecule has 4 rings (SSSR count). The highest BCUT2D eigenvalue weighted by Crippen LogP contribution is 2.42.